The SMILES string of the molecule is COc1ccc([C@H](N)CC(=O)N2C[C@@H]3[C@@H]4CC[C@@H](C4)[C@@H]3C2)cc1OC. The summed E-state index contributed by atoms with van der Waals surface area (Å²) in [6, 6.07) is 5.31. The van der Waals surface area contributed by atoms with Crippen molar-refractivity contribution in [2.75, 3.05) is 27.3 Å². The van der Waals surface area contributed by atoms with E-state index in [0.717, 1.165) is 42.3 Å². The van der Waals surface area contributed by atoms with Crippen LogP contribution in [0.25, 0.3) is 0 Å². The summed E-state index contributed by atoms with van der Waals surface area (Å²) in [6.45, 7) is 1.90. The van der Waals surface area contributed by atoms with Gasteiger partial charge in [0.05, 0.1) is 14.2 Å². The lowest BCUT2D eigenvalue weighted by Gasteiger charge is -2.22. The van der Waals surface area contributed by atoms with Crippen molar-refractivity contribution in [2.45, 2.75) is 31.7 Å². The minimum absolute atomic E-state index is 0.191. The molecule has 1 aliphatic heterocycles. The first-order valence-corrected chi connectivity index (χ1v) is 9.36. The molecule has 136 valence electrons. The fourth-order valence-corrected chi connectivity index (χ4v) is 5.40. The molecule has 4 rings (SSSR count). The van der Waals surface area contributed by atoms with Gasteiger partial charge in [-0.05, 0) is 60.6 Å². The zero-order valence-corrected chi connectivity index (χ0v) is 15.1. The number of hydrogen-bond donors (Lipinski definition) is 1. The summed E-state index contributed by atoms with van der Waals surface area (Å²) in [7, 11) is 3.22. The summed E-state index contributed by atoms with van der Waals surface area (Å²) in [5.41, 5.74) is 7.23. The highest BCUT2D eigenvalue weighted by Gasteiger charge is 2.52. The molecular weight excluding hydrogens is 316 g/mol. The lowest BCUT2D eigenvalue weighted by Crippen LogP contribution is -2.32. The van der Waals surface area contributed by atoms with E-state index < -0.39 is 0 Å². The summed E-state index contributed by atoms with van der Waals surface area (Å²) in [5.74, 6) is 4.75. The number of carbonyl (C=O) groups is 1. The average Bonchev–Trinajstić information content (AvgIpc) is 3.33. The maximum atomic E-state index is 12.8. The van der Waals surface area contributed by atoms with Crippen molar-refractivity contribution in [1.29, 1.82) is 0 Å². The molecule has 2 N–H and O–H groups in total. The van der Waals surface area contributed by atoms with Crippen LogP contribution in [0, 0.1) is 23.7 Å². The van der Waals surface area contributed by atoms with Crippen LogP contribution in [0.3, 0.4) is 0 Å². The number of hydrogen-bond acceptors (Lipinski definition) is 4. The van der Waals surface area contributed by atoms with E-state index in [4.69, 9.17) is 15.2 Å². The zero-order chi connectivity index (χ0) is 17.6. The van der Waals surface area contributed by atoms with Gasteiger partial charge in [0.1, 0.15) is 0 Å². The number of benzene rings is 1. The number of fused-ring (bicyclic) bond motifs is 5. The Kier molecular flexibility index (Phi) is 4.36. The summed E-state index contributed by atoms with van der Waals surface area (Å²) in [6.07, 6.45) is 4.50. The molecule has 1 heterocycles. The minimum Gasteiger partial charge on any atom is -0.493 e. The number of rotatable bonds is 5. The quantitative estimate of drug-likeness (QED) is 0.892. The van der Waals surface area contributed by atoms with E-state index in [0.29, 0.717) is 17.9 Å². The predicted octanol–water partition coefficient (Wildman–Crippen LogP) is 2.60. The maximum Gasteiger partial charge on any atom is 0.224 e. The molecule has 0 spiro atoms. The summed E-state index contributed by atoms with van der Waals surface area (Å²) >= 11 is 0. The zero-order valence-electron chi connectivity index (χ0n) is 15.1. The summed E-state index contributed by atoms with van der Waals surface area (Å²) in [4.78, 5) is 14.8. The number of nitrogens with two attached hydrogens (primary N) is 1. The van der Waals surface area contributed by atoms with Crippen molar-refractivity contribution in [3.8, 4) is 11.5 Å². The first kappa shape index (κ1) is 16.7. The van der Waals surface area contributed by atoms with Crippen LogP contribution >= 0.6 is 0 Å². The molecule has 1 saturated heterocycles. The Morgan fingerprint density at radius 2 is 1.80 bits per heavy atom. The van der Waals surface area contributed by atoms with E-state index in [-0.39, 0.29) is 11.9 Å². The van der Waals surface area contributed by atoms with Gasteiger partial charge in [-0.1, -0.05) is 6.07 Å². The van der Waals surface area contributed by atoms with Gasteiger partial charge in [-0.25, -0.2) is 0 Å². The van der Waals surface area contributed by atoms with Crippen LogP contribution < -0.4 is 15.2 Å². The number of methoxy groups -OCH3 is 2. The van der Waals surface area contributed by atoms with E-state index >= 15 is 0 Å². The molecule has 0 unspecified atom stereocenters. The van der Waals surface area contributed by atoms with E-state index in [2.05, 4.69) is 4.90 Å². The van der Waals surface area contributed by atoms with Crippen molar-refractivity contribution in [1.82, 2.24) is 4.90 Å². The Morgan fingerprint density at radius 3 is 2.40 bits per heavy atom. The molecule has 3 fully saturated rings. The third-order valence-corrected chi connectivity index (χ3v) is 6.72. The van der Waals surface area contributed by atoms with Gasteiger partial charge in [0, 0.05) is 25.6 Å². The van der Waals surface area contributed by atoms with Crippen LogP contribution in [0.2, 0.25) is 0 Å². The van der Waals surface area contributed by atoms with Crippen molar-refractivity contribution in [3.05, 3.63) is 23.8 Å². The minimum atomic E-state index is -0.315. The Bertz CT molecular complexity index is 644. The second kappa shape index (κ2) is 6.52. The Hall–Kier alpha value is -1.75. The lowest BCUT2D eigenvalue weighted by molar-refractivity contribution is -0.130. The van der Waals surface area contributed by atoms with Gasteiger partial charge in [-0.3, -0.25) is 4.79 Å². The molecule has 1 amide bonds. The molecule has 1 aromatic rings. The van der Waals surface area contributed by atoms with Crippen LogP contribution in [0.5, 0.6) is 11.5 Å². The van der Waals surface area contributed by atoms with Crippen LogP contribution in [0.1, 0.15) is 37.3 Å². The summed E-state index contributed by atoms with van der Waals surface area (Å²) in [5, 5.41) is 0. The number of amides is 1. The molecule has 2 saturated carbocycles. The Morgan fingerprint density at radius 1 is 1.16 bits per heavy atom. The fraction of sp³-hybridized carbons (Fsp3) is 0.650. The van der Waals surface area contributed by atoms with Gasteiger partial charge < -0.3 is 20.1 Å². The highest BCUT2D eigenvalue weighted by molar-refractivity contribution is 5.77. The summed E-state index contributed by atoms with van der Waals surface area (Å²) < 4.78 is 10.6. The highest BCUT2D eigenvalue weighted by atomic mass is 16.5. The highest BCUT2D eigenvalue weighted by Crippen LogP contribution is 2.55. The van der Waals surface area contributed by atoms with Crippen LogP contribution in [0.4, 0.5) is 0 Å². The van der Waals surface area contributed by atoms with E-state index in [1.165, 1.54) is 19.3 Å². The number of carbonyl (C=O) groups excluding carboxylic acids is 1. The molecule has 3 aliphatic rings. The van der Waals surface area contributed by atoms with E-state index in [1.807, 2.05) is 18.2 Å². The largest absolute Gasteiger partial charge is 0.493 e. The fourth-order valence-electron chi connectivity index (χ4n) is 5.40. The lowest BCUT2D eigenvalue weighted by atomic mass is 9.82. The molecule has 25 heavy (non-hydrogen) atoms. The van der Waals surface area contributed by atoms with Crippen molar-refractivity contribution >= 4 is 5.91 Å². The van der Waals surface area contributed by atoms with Crippen LogP contribution in [-0.4, -0.2) is 38.1 Å². The third kappa shape index (κ3) is 2.88. The van der Waals surface area contributed by atoms with Gasteiger partial charge in [-0.2, -0.15) is 0 Å². The normalized spacial score (nSPS) is 31.1. The third-order valence-electron chi connectivity index (χ3n) is 6.72. The molecule has 5 atom stereocenters. The maximum absolute atomic E-state index is 12.8. The van der Waals surface area contributed by atoms with E-state index in [9.17, 15) is 4.79 Å². The van der Waals surface area contributed by atoms with Crippen molar-refractivity contribution < 1.29 is 14.3 Å². The number of ether oxygens (including phenoxy) is 2. The predicted molar refractivity (Wildman–Crippen MR) is 95.5 cm³/mol. The van der Waals surface area contributed by atoms with Crippen LogP contribution in [-0.2, 0) is 4.79 Å². The van der Waals surface area contributed by atoms with E-state index in [1.54, 1.807) is 14.2 Å². The van der Waals surface area contributed by atoms with Gasteiger partial charge in [-0.15, -0.1) is 0 Å². The smallest absolute Gasteiger partial charge is 0.224 e. The first-order valence-electron chi connectivity index (χ1n) is 9.36. The standard InChI is InChI=1S/C20H28N2O3/c1-24-18-6-5-14(8-19(18)25-2)17(21)9-20(23)22-10-15-12-3-4-13(7-12)16(15)11-22/h5-6,8,12-13,15-17H,3-4,7,9-11,21H2,1-2H3/t12-,13+,15-,16+,17-/m1/s1. The van der Waals surface area contributed by atoms with Gasteiger partial charge >= 0.3 is 0 Å². The van der Waals surface area contributed by atoms with Gasteiger partial charge in [0.15, 0.2) is 11.5 Å². The van der Waals surface area contributed by atoms with Crippen molar-refractivity contribution in [3.63, 3.8) is 0 Å². The molecule has 2 bridgehead atoms. The topological polar surface area (TPSA) is 64.8 Å². The second-order valence-electron chi connectivity index (χ2n) is 7.88. The van der Waals surface area contributed by atoms with Gasteiger partial charge in [0.2, 0.25) is 5.91 Å². The molecule has 0 aromatic heterocycles. The Labute approximate surface area is 149 Å². The Balaban J connectivity index is 1.39. The monoisotopic (exact) mass is 344 g/mol. The first-order chi connectivity index (χ1) is 12.1. The van der Waals surface area contributed by atoms with Gasteiger partial charge in [0.25, 0.3) is 0 Å². The van der Waals surface area contributed by atoms with Crippen molar-refractivity contribution in [2.24, 2.45) is 29.4 Å². The molecule has 5 nitrogen and oxygen atoms in total. The number of likely N-dealkylation sites (tertiary alicyclic amines) is 1. The average molecular weight is 344 g/mol. The molecule has 0 radical (unpaired) electrons. The molecular formula is C20H28N2O3. The van der Waals surface area contributed by atoms with Crippen LogP contribution in [0.15, 0.2) is 18.2 Å². The second-order valence-corrected chi connectivity index (χ2v) is 7.88. The molecule has 5 heteroatoms. The number of nitrogens with zero attached hydrogens (tertiary/aromatic N) is 1. The molecule has 1 aromatic carbocycles. The molecule has 2 aliphatic carbocycles.